The average Bonchev–Trinajstić information content (AvgIpc) is 1.56. The fraction of sp³-hybridized carbons (Fsp3) is 0.0556. The molecule has 0 spiro atoms. The van der Waals surface area contributed by atoms with Crippen LogP contribution in [0.3, 0.4) is 0 Å². The second-order valence-electron chi connectivity index (χ2n) is 31.9. The molecule has 0 radical (unpaired) electrons. The minimum atomic E-state index is -0.108. The molecule has 0 amide bonds. The van der Waals surface area contributed by atoms with Crippen LogP contribution in [0.25, 0.3) is 160 Å². The Morgan fingerprint density at radius 1 is 0.217 bits per heavy atom. The number of aromatic nitrogens is 2. The first kappa shape index (κ1) is 67.3. The number of thiophene rings is 3. The van der Waals surface area contributed by atoms with Gasteiger partial charge in [0.25, 0.3) is 0 Å². The summed E-state index contributed by atoms with van der Waals surface area (Å²) in [5, 5.41) is 13.1. The Kier molecular flexibility index (Phi) is 15.3. The van der Waals surface area contributed by atoms with Gasteiger partial charge in [-0.25, -0.2) is 0 Å². The van der Waals surface area contributed by atoms with Crippen LogP contribution in [0.5, 0.6) is 0 Å². The third kappa shape index (κ3) is 10.5. The van der Waals surface area contributed by atoms with E-state index in [-0.39, 0.29) is 10.8 Å². The second-order valence-corrected chi connectivity index (χ2v) is 35.0. The predicted molar refractivity (Wildman–Crippen MR) is 496 cm³/mol. The highest BCUT2D eigenvalue weighted by Crippen LogP contribution is 2.55. The third-order valence-corrected chi connectivity index (χ3v) is 28.3. The fourth-order valence-corrected chi connectivity index (χ4v) is 22.8. The van der Waals surface area contributed by atoms with E-state index in [4.69, 9.17) is 0 Å². The van der Waals surface area contributed by atoms with Gasteiger partial charge in [-0.15, -0.1) is 34.0 Å². The molecule has 0 saturated heterocycles. The Morgan fingerprint density at radius 3 is 1.03 bits per heavy atom. The summed E-state index contributed by atoms with van der Waals surface area (Å²) >= 11 is 5.66. The smallest absolute Gasteiger partial charge is 0.0555 e. The summed E-state index contributed by atoms with van der Waals surface area (Å²) in [6.07, 6.45) is 0. The van der Waals surface area contributed by atoms with Crippen molar-refractivity contribution in [2.45, 2.75) is 38.5 Å². The summed E-state index contributed by atoms with van der Waals surface area (Å²) in [5.74, 6) is 0. The van der Waals surface area contributed by atoms with Crippen LogP contribution in [0.15, 0.2) is 376 Å². The number of hydrogen-bond acceptors (Lipinski definition) is 5. The van der Waals surface area contributed by atoms with E-state index in [0.29, 0.717) is 0 Å². The zero-order valence-electron chi connectivity index (χ0n) is 63.8. The van der Waals surface area contributed by atoms with Crippen LogP contribution in [0, 0.1) is 0 Å². The van der Waals surface area contributed by atoms with Crippen LogP contribution in [0.2, 0.25) is 0 Å². The molecule has 544 valence electrons. The number of para-hydroxylation sites is 3. The Morgan fingerprint density at radius 2 is 0.557 bits per heavy atom. The minimum Gasteiger partial charge on any atom is -0.310 e. The summed E-state index contributed by atoms with van der Waals surface area (Å²) in [4.78, 5) is 4.84. The first-order valence-electron chi connectivity index (χ1n) is 39.7. The maximum atomic E-state index is 2.47. The topological polar surface area (TPSA) is 16.3 Å². The molecule has 0 unspecified atom stereocenters. The van der Waals surface area contributed by atoms with Crippen molar-refractivity contribution in [3.8, 4) is 55.9 Å². The van der Waals surface area contributed by atoms with Crippen LogP contribution < -0.4 is 9.80 Å². The van der Waals surface area contributed by atoms with E-state index in [2.05, 4.69) is 423 Å². The largest absolute Gasteiger partial charge is 0.310 e. The lowest BCUT2D eigenvalue weighted by Gasteiger charge is -2.30. The van der Waals surface area contributed by atoms with Gasteiger partial charge in [0.15, 0.2) is 0 Å². The van der Waals surface area contributed by atoms with E-state index in [1.165, 1.54) is 182 Å². The lowest BCUT2D eigenvalue weighted by atomic mass is 9.82. The Balaban J connectivity index is 0.000000139. The number of hydrogen-bond donors (Lipinski definition) is 0. The molecule has 0 saturated carbocycles. The number of fused-ring (bicyclic) bond motifs is 23. The zero-order chi connectivity index (χ0) is 76.4. The molecule has 5 aromatic heterocycles. The molecule has 7 heteroatoms. The number of nitrogens with zero attached hydrogens (tertiary/aromatic N) is 4. The predicted octanol–water partition coefficient (Wildman–Crippen LogP) is 31.6. The van der Waals surface area contributed by atoms with E-state index < -0.39 is 0 Å². The van der Waals surface area contributed by atoms with Gasteiger partial charge in [0.05, 0.1) is 22.1 Å². The standard InChI is InChI=1S/C60H44N2S.C48H30N2S2/c1-59(2)50-19-11-8-16-43(50)45-29-27-41(35-52(45)59)61(42-28-30-46-44-17-9-12-20-51(44)60(3,4)53(46)36-42)40-25-22-37(23-26-40)38-24-32-54-49(34-38)57-55(62(54)39-14-6-5-7-15-39)33-31-48-47-18-10-13-21-56(47)63-58(48)57;1-3-11-33(12-4-1)49(36-24-28-46-40(30-36)38-16-8-9-17-44(38)51-46)35-22-19-31(20-23-35)32-21-26-42-41(29-32)47-43(50(42)34-13-5-2-6-14-34)27-25-39-37-15-7-10-18-45(37)52-48(39)47/h5-36H,1-4H3;1-30H. The van der Waals surface area contributed by atoms with Gasteiger partial charge in [0.2, 0.25) is 0 Å². The molecule has 17 aromatic carbocycles. The van der Waals surface area contributed by atoms with Crippen molar-refractivity contribution in [3.63, 3.8) is 0 Å². The zero-order valence-corrected chi connectivity index (χ0v) is 66.3. The molecular formula is C108H74N4S3. The molecular weight excluding hydrogens is 1450 g/mol. The van der Waals surface area contributed by atoms with Gasteiger partial charge in [0, 0.05) is 138 Å². The van der Waals surface area contributed by atoms with Crippen molar-refractivity contribution in [1.82, 2.24) is 9.13 Å². The molecule has 0 aliphatic heterocycles. The van der Waals surface area contributed by atoms with Gasteiger partial charge < -0.3 is 18.9 Å². The summed E-state index contributed by atoms with van der Waals surface area (Å²) < 4.78 is 12.8. The molecule has 0 N–H and O–H groups in total. The summed E-state index contributed by atoms with van der Waals surface area (Å²) in [6.45, 7) is 9.48. The van der Waals surface area contributed by atoms with Crippen LogP contribution in [-0.4, -0.2) is 9.13 Å². The van der Waals surface area contributed by atoms with E-state index in [9.17, 15) is 0 Å². The lowest BCUT2D eigenvalue weighted by molar-refractivity contribution is 0.660. The lowest BCUT2D eigenvalue weighted by Crippen LogP contribution is -2.18. The third-order valence-electron chi connectivity index (χ3n) is 24.8. The van der Waals surface area contributed by atoms with E-state index in [1.807, 2.05) is 34.0 Å². The molecule has 22 aromatic rings. The van der Waals surface area contributed by atoms with Crippen LogP contribution >= 0.6 is 34.0 Å². The van der Waals surface area contributed by atoms with Crippen molar-refractivity contribution >= 4 is 172 Å². The minimum absolute atomic E-state index is 0.108. The van der Waals surface area contributed by atoms with Gasteiger partial charge in [0.1, 0.15) is 0 Å². The average molecular weight is 1520 g/mol. The molecule has 5 heterocycles. The Labute approximate surface area is 678 Å². The molecule has 0 atom stereocenters. The van der Waals surface area contributed by atoms with Crippen molar-refractivity contribution in [2.24, 2.45) is 0 Å². The molecule has 0 bridgehead atoms. The first-order valence-corrected chi connectivity index (χ1v) is 42.1. The highest BCUT2D eigenvalue weighted by Gasteiger charge is 2.38. The van der Waals surface area contributed by atoms with E-state index in [0.717, 1.165) is 34.1 Å². The fourth-order valence-electron chi connectivity index (χ4n) is 19.2. The molecule has 115 heavy (non-hydrogen) atoms. The van der Waals surface area contributed by atoms with Gasteiger partial charge in [-0.1, -0.05) is 246 Å². The first-order chi connectivity index (χ1) is 56.5. The van der Waals surface area contributed by atoms with Crippen molar-refractivity contribution < 1.29 is 0 Å². The van der Waals surface area contributed by atoms with Gasteiger partial charge in [-0.2, -0.15) is 0 Å². The maximum Gasteiger partial charge on any atom is 0.0555 e. The van der Waals surface area contributed by atoms with Crippen molar-refractivity contribution in [3.05, 3.63) is 398 Å². The van der Waals surface area contributed by atoms with Gasteiger partial charge >= 0.3 is 0 Å². The quantitative estimate of drug-likeness (QED) is 0.136. The SMILES string of the molecule is CC1(C)c2ccccc2-c2ccc(N(c3ccc(-c4ccc5c(c4)c4c6sc7ccccc7c6ccc4n5-c4ccccc4)cc3)c3ccc4c(c3)C(C)(C)c3ccccc3-4)cc21.c1ccc(N(c2ccc(-c3ccc4c(c3)c3c5sc6ccccc6c5ccc3n4-c3ccccc3)cc2)c2ccc3sc4ccccc4c3c2)cc1. The van der Waals surface area contributed by atoms with Gasteiger partial charge in [-0.05, 0) is 224 Å². The molecule has 4 nitrogen and oxygen atoms in total. The highest BCUT2D eigenvalue weighted by atomic mass is 32.1. The highest BCUT2D eigenvalue weighted by molar-refractivity contribution is 7.27. The van der Waals surface area contributed by atoms with Crippen molar-refractivity contribution in [2.75, 3.05) is 9.80 Å². The van der Waals surface area contributed by atoms with Crippen molar-refractivity contribution in [1.29, 1.82) is 0 Å². The summed E-state index contributed by atoms with van der Waals surface area (Å²) in [6, 6.07) is 139. The number of rotatable bonds is 10. The number of benzene rings is 17. The molecule has 24 rings (SSSR count). The molecule has 0 fully saturated rings. The Bertz CT molecular complexity index is 7600. The van der Waals surface area contributed by atoms with Gasteiger partial charge in [-0.3, -0.25) is 0 Å². The second kappa shape index (κ2) is 26.1. The molecule has 2 aliphatic carbocycles. The van der Waals surface area contributed by atoms with E-state index >= 15 is 0 Å². The van der Waals surface area contributed by atoms with Crippen LogP contribution in [0.1, 0.15) is 49.9 Å². The van der Waals surface area contributed by atoms with Crippen LogP contribution in [0.4, 0.5) is 34.1 Å². The molecule has 2 aliphatic rings. The normalized spacial score (nSPS) is 13.2. The summed E-state index contributed by atoms with van der Waals surface area (Å²) in [5.41, 5.74) is 29.6. The Hall–Kier alpha value is -13.4. The van der Waals surface area contributed by atoms with Crippen LogP contribution in [-0.2, 0) is 10.8 Å². The summed E-state index contributed by atoms with van der Waals surface area (Å²) in [7, 11) is 0. The monoisotopic (exact) mass is 1520 g/mol. The number of anilines is 6. The van der Waals surface area contributed by atoms with E-state index in [1.54, 1.807) is 0 Å². The maximum absolute atomic E-state index is 2.47.